The zero-order valence-corrected chi connectivity index (χ0v) is 22.7. The molecule has 198 valence electrons. The topological polar surface area (TPSA) is 96.1 Å². The highest BCUT2D eigenvalue weighted by atomic mass is 16.5. The average molecular weight is 523 g/mol. The molecule has 1 N–H and O–H groups in total. The van der Waals surface area contributed by atoms with Gasteiger partial charge in [0.25, 0.3) is 0 Å². The monoisotopic (exact) mass is 522 g/mol. The van der Waals surface area contributed by atoms with Crippen molar-refractivity contribution in [3.63, 3.8) is 0 Å². The van der Waals surface area contributed by atoms with Gasteiger partial charge in [-0.15, -0.1) is 0 Å². The Morgan fingerprint density at radius 3 is 2.54 bits per heavy atom. The Hall–Kier alpha value is -4.26. The number of nitrogens with one attached hydrogen (secondary N) is 1. The minimum atomic E-state index is 0.0104. The number of anilines is 1. The van der Waals surface area contributed by atoms with Gasteiger partial charge < -0.3 is 15.0 Å². The molecule has 4 heterocycles. The van der Waals surface area contributed by atoms with Crippen LogP contribution in [0.25, 0.3) is 21.9 Å². The molecule has 0 spiro atoms. The van der Waals surface area contributed by atoms with Crippen LogP contribution in [0.4, 0.5) is 11.8 Å². The van der Waals surface area contributed by atoms with Gasteiger partial charge in [-0.1, -0.05) is 16.9 Å². The number of ether oxygens (including phenoxy) is 1. The number of likely N-dealkylation sites (N-methyl/N-ethyl adjacent to an activating group) is 1. The summed E-state index contributed by atoms with van der Waals surface area (Å²) in [6.45, 7) is 9.03. The standard InChI is InChI=1S/C30H32N7O2/c1-20(31-4)19-37(38)28-10-8-26(29-21(2)33-30(34-22(29)3)36-13-15-39-16-14-36)27(35-28)9-6-23-5-7-25-18-32-12-11-24(25)17-23/h5,7-8,10-12,17-18,20,31H,13-16,19H2,1-4H3/q+1. The smallest absolute Gasteiger partial charge is 0.362 e. The zero-order valence-electron chi connectivity index (χ0n) is 22.7. The summed E-state index contributed by atoms with van der Waals surface area (Å²) in [7, 11) is 1.83. The Bertz CT molecular complexity index is 1560. The van der Waals surface area contributed by atoms with Crippen LogP contribution in [0.1, 0.15) is 29.6 Å². The first kappa shape index (κ1) is 26.4. The molecule has 1 unspecified atom stereocenters. The van der Waals surface area contributed by atoms with E-state index >= 15 is 0 Å². The third-order valence-electron chi connectivity index (χ3n) is 6.86. The molecule has 5 rings (SSSR count). The van der Waals surface area contributed by atoms with Crippen molar-refractivity contribution in [2.75, 3.05) is 44.8 Å². The van der Waals surface area contributed by atoms with E-state index in [1.54, 1.807) is 12.3 Å². The Morgan fingerprint density at radius 2 is 1.79 bits per heavy atom. The highest BCUT2D eigenvalue weighted by molar-refractivity contribution is 5.83. The predicted octanol–water partition coefficient (Wildman–Crippen LogP) is 3.96. The van der Waals surface area contributed by atoms with Gasteiger partial charge in [-0.25, -0.2) is 9.97 Å². The van der Waals surface area contributed by atoms with E-state index in [4.69, 9.17) is 19.7 Å². The van der Waals surface area contributed by atoms with Crippen molar-refractivity contribution in [3.05, 3.63) is 76.3 Å². The third kappa shape index (κ3) is 5.93. The van der Waals surface area contributed by atoms with Crippen molar-refractivity contribution in [2.45, 2.75) is 26.8 Å². The maximum Gasteiger partial charge on any atom is 0.362 e. The number of benzene rings is 1. The Labute approximate surface area is 228 Å². The van der Waals surface area contributed by atoms with E-state index in [2.05, 4.69) is 27.0 Å². The highest BCUT2D eigenvalue weighted by Gasteiger charge is 2.24. The first-order chi connectivity index (χ1) is 18.9. The second kappa shape index (κ2) is 11.6. The summed E-state index contributed by atoms with van der Waals surface area (Å²) in [5.74, 6) is 7.52. The highest BCUT2D eigenvalue weighted by Crippen LogP contribution is 2.30. The molecule has 0 radical (unpaired) electrons. The van der Waals surface area contributed by atoms with Crippen LogP contribution in [0.5, 0.6) is 0 Å². The second-order valence-corrected chi connectivity index (χ2v) is 9.67. The molecule has 0 saturated carbocycles. The van der Waals surface area contributed by atoms with Gasteiger partial charge >= 0.3 is 5.82 Å². The first-order valence-corrected chi connectivity index (χ1v) is 13.1. The van der Waals surface area contributed by atoms with E-state index in [9.17, 15) is 4.91 Å². The number of nitroso groups, excluding NO2 is 1. The summed E-state index contributed by atoms with van der Waals surface area (Å²) in [6, 6.07) is 11.6. The molecule has 1 aliphatic heterocycles. The van der Waals surface area contributed by atoms with Gasteiger partial charge in [-0.05, 0) is 73.1 Å². The van der Waals surface area contributed by atoms with E-state index in [1.807, 2.05) is 64.3 Å². The number of pyridine rings is 2. The van der Waals surface area contributed by atoms with Crippen LogP contribution in [-0.4, -0.2) is 70.6 Å². The van der Waals surface area contributed by atoms with Gasteiger partial charge in [-0.3, -0.25) is 4.98 Å². The molecule has 1 saturated heterocycles. The van der Waals surface area contributed by atoms with Crippen molar-refractivity contribution in [2.24, 2.45) is 0 Å². The molecule has 1 aliphatic rings. The molecule has 1 aromatic carbocycles. The molecular weight excluding hydrogens is 490 g/mol. The molecule has 1 fully saturated rings. The SMILES string of the molecule is CNC(C)C[N+](=O)c1ccc(-c2c(C)nc(N3CCOCC3)nc2C)c(C#Cc2ccc3cnccc3c2)n1. The number of rotatable bonds is 6. The van der Waals surface area contributed by atoms with Crippen LogP contribution in [0.15, 0.2) is 48.8 Å². The van der Waals surface area contributed by atoms with Crippen molar-refractivity contribution in [1.29, 1.82) is 0 Å². The predicted molar refractivity (Wildman–Crippen MR) is 152 cm³/mol. The summed E-state index contributed by atoms with van der Waals surface area (Å²) in [5.41, 5.74) is 4.71. The lowest BCUT2D eigenvalue weighted by Crippen LogP contribution is -2.37. The van der Waals surface area contributed by atoms with Crippen LogP contribution < -0.4 is 10.2 Å². The number of hydrogen-bond donors (Lipinski definition) is 1. The van der Waals surface area contributed by atoms with Gasteiger partial charge in [0.1, 0.15) is 6.54 Å². The first-order valence-electron chi connectivity index (χ1n) is 13.1. The number of morpholine rings is 1. The molecule has 39 heavy (non-hydrogen) atoms. The fourth-order valence-corrected chi connectivity index (χ4v) is 4.60. The third-order valence-corrected chi connectivity index (χ3v) is 6.86. The van der Waals surface area contributed by atoms with Crippen molar-refractivity contribution in [1.82, 2.24) is 25.3 Å². The van der Waals surface area contributed by atoms with E-state index in [0.29, 0.717) is 30.7 Å². The maximum absolute atomic E-state index is 12.9. The summed E-state index contributed by atoms with van der Waals surface area (Å²) >= 11 is 0. The minimum absolute atomic E-state index is 0.0104. The van der Waals surface area contributed by atoms with Crippen molar-refractivity contribution < 1.29 is 9.50 Å². The lowest BCUT2D eigenvalue weighted by Gasteiger charge is -2.27. The summed E-state index contributed by atoms with van der Waals surface area (Å²) in [4.78, 5) is 33.6. The summed E-state index contributed by atoms with van der Waals surface area (Å²) in [5, 5.41) is 5.20. The number of aryl methyl sites for hydroxylation is 2. The van der Waals surface area contributed by atoms with Crippen LogP contribution in [-0.2, 0) is 4.74 Å². The van der Waals surface area contributed by atoms with Gasteiger partial charge in [-0.2, -0.15) is 0 Å². The number of nitrogens with zero attached hydrogens (tertiary/aromatic N) is 6. The molecule has 9 heteroatoms. The van der Waals surface area contributed by atoms with Crippen molar-refractivity contribution >= 4 is 22.5 Å². The summed E-state index contributed by atoms with van der Waals surface area (Å²) < 4.78 is 6.38. The Kier molecular flexibility index (Phi) is 7.87. The number of fused-ring (bicyclic) bond motifs is 1. The second-order valence-electron chi connectivity index (χ2n) is 9.67. The largest absolute Gasteiger partial charge is 0.378 e. The van der Waals surface area contributed by atoms with E-state index in [-0.39, 0.29) is 12.6 Å². The van der Waals surface area contributed by atoms with E-state index in [0.717, 1.165) is 56.7 Å². The van der Waals surface area contributed by atoms with Gasteiger partial charge in [0.15, 0.2) is 0 Å². The van der Waals surface area contributed by atoms with E-state index < -0.39 is 0 Å². The lowest BCUT2D eigenvalue weighted by molar-refractivity contribution is -0.470. The fourth-order valence-electron chi connectivity index (χ4n) is 4.60. The van der Waals surface area contributed by atoms with Gasteiger partial charge in [0.2, 0.25) is 11.6 Å². The van der Waals surface area contributed by atoms with Crippen LogP contribution in [0, 0.1) is 30.6 Å². The molecule has 0 amide bonds. The molecule has 0 bridgehead atoms. The van der Waals surface area contributed by atoms with Gasteiger partial charge in [0.05, 0.1) is 24.6 Å². The van der Waals surface area contributed by atoms with Crippen LogP contribution >= 0.6 is 0 Å². The van der Waals surface area contributed by atoms with Crippen LogP contribution in [0.3, 0.4) is 0 Å². The molecule has 3 aromatic heterocycles. The van der Waals surface area contributed by atoms with Gasteiger partial charge in [0, 0.05) is 59.7 Å². The fraction of sp³-hybridized carbons (Fsp3) is 0.333. The summed E-state index contributed by atoms with van der Waals surface area (Å²) in [6.07, 6.45) is 3.60. The number of aromatic nitrogens is 4. The molecule has 9 nitrogen and oxygen atoms in total. The molecular formula is C30H32N7O2+. The lowest BCUT2D eigenvalue weighted by atomic mass is 10.0. The Balaban J connectivity index is 1.58. The quantitative estimate of drug-likeness (QED) is 0.300. The van der Waals surface area contributed by atoms with Crippen molar-refractivity contribution in [3.8, 4) is 23.0 Å². The van der Waals surface area contributed by atoms with E-state index in [1.165, 1.54) is 0 Å². The van der Waals surface area contributed by atoms with Crippen LogP contribution in [0.2, 0.25) is 0 Å². The number of hydrogen-bond acceptors (Lipinski definition) is 8. The normalized spacial score (nSPS) is 14.1. The average Bonchev–Trinajstić information content (AvgIpc) is 2.96. The Morgan fingerprint density at radius 1 is 1.03 bits per heavy atom. The molecule has 4 aromatic rings. The molecule has 1 atom stereocenters. The molecule has 0 aliphatic carbocycles. The minimum Gasteiger partial charge on any atom is -0.378 e. The zero-order chi connectivity index (χ0) is 27.4. The maximum atomic E-state index is 12.9.